The van der Waals surface area contributed by atoms with E-state index < -0.39 is 12.1 Å². The van der Waals surface area contributed by atoms with E-state index in [1.165, 1.54) is 7.11 Å². The number of esters is 1. The van der Waals surface area contributed by atoms with Crippen LogP contribution in [0.1, 0.15) is 21.5 Å². The molecule has 0 saturated heterocycles. The van der Waals surface area contributed by atoms with Gasteiger partial charge in [-0.1, -0.05) is 48.6 Å². The molecule has 2 aromatic carbocycles. The number of nitrogens with two attached hydrogens (primary N) is 1. The summed E-state index contributed by atoms with van der Waals surface area (Å²) in [7, 11) is 1.30. The van der Waals surface area contributed by atoms with Crippen LogP contribution in [0.2, 0.25) is 0 Å². The van der Waals surface area contributed by atoms with Gasteiger partial charge in [0.1, 0.15) is 6.61 Å². The first-order chi connectivity index (χ1) is 12.1. The predicted molar refractivity (Wildman–Crippen MR) is 95.9 cm³/mol. The highest BCUT2D eigenvalue weighted by Crippen LogP contribution is 2.16. The smallest absolute Gasteiger partial charge is 0.407 e. The third kappa shape index (κ3) is 5.69. The molecule has 2 aromatic rings. The van der Waals surface area contributed by atoms with E-state index >= 15 is 0 Å². The second-order valence-corrected chi connectivity index (χ2v) is 5.18. The van der Waals surface area contributed by atoms with Gasteiger partial charge < -0.3 is 20.5 Å². The van der Waals surface area contributed by atoms with Crippen molar-refractivity contribution in [3.63, 3.8) is 0 Å². The molecule has 0 bridgehead atoms. The summed E-state index contributed by atoms with van der Waals surface area (Å²) >= 11 is 0. The van der Waals surface area contributed by atoms with Crippen LogP contribution in [-0.4, -0.2) is 25.7 Å². The van der Waals surface area contributed by atoms with Crippen LogP contribution in [-0.2, 0) is 16.1 Å². The number of amides is 1. The lowest BCUT2D eigenvalue weighted by Crippen LogP contribution is -2.24. The topological polar surface area (TPSA) is 90.6 Å². The number of hydrogen-bond acceptors (Lipinski definition) is 5. The van der Waals surface area contributed by atoms with E-state index in [9.17, 15) is 9.59 Å². The zero-order chi connectivity index (χ0) is 18.1. The number of methoxy groups -OCH3 is 1. The molecule has 0 unspecified atom stereocenters. The second kappa shape index (κ2) is 9.12. The van der Waals surface area contributed by atoms with E-state index in [4.69, 9.17) is 10.5 Å². The van der Waals surface area contributed by atoms with Crippen LogP contribution in [0, 0.1) is 0 Å². The molecule has 0 fully saturated rings. The largest absolute Gasteiger partial charge is 0.465 e. The maximum absolute atomic E-state index is 11.6. The van der Waals surface area contributed by atoms with E-state index in [-0.39, 0.29) is 6.61 Å². The van der Waals surface area contributed by atoms with Gasteiger partial charge in [0.15, 0.2) is 0 Å². The van der Waals surface area contributed by atoms with Gasteiger partial charge >= 0.3 is 12.1 Å². The predicted octanol–water partition coefficient (Wildman–Crippen LogP) is 3.00. The Morgan fingerprint density at radius 3 is 2.60 bits per heavy atom. The van der Waals surface area contributed by atoms with Crippen LogP contribution < -0.4 is 11.1 Å². The van der Waals surface area contributed by atoms with Crippen molar-refractivity contribution in [3.05, 3.63) is 71.3 Å². The first kappa shape index (κ1) is 18.1. The highest BCUT2D eigenvalue weighted by Gasteiger charge is 2.09. The molecule has 0 radical (unpaired) electrons. The summed E-state index contributed by atoms with van der Waals surface area (Å²) in [6.45, 7) is 0.536. The molecular weight excluding hydrogens is 320 g/mol. The highest BCUT2D eigenvalue weighted by atomic mass is 16.5. The van der Waals surface area contributed by atoms with Gasteiger partial charge in [-0.25, -0.2) is 9.59 Å². The minimum atomic E-state index is -0.492. The second-order valence-electron chi connectivity index (χ2n) is 5.18. The van der Waals surface area contributed by atoms with E-state index in [2.05, 4.69) is 10.1 Å². The normalized spacial score (nSPS) is 10.4. The van der Waals surface area contributed by atoms with Gasteiger partial charge in [-0.2, -0.15) is 0 Å². The Hall–Kier alpha value is -3.28. The molecule has 0 saturated carbocycles. The fourth-order valence-electron chi connectivity index (χ4n) is 2.09. The Balaban J connectivity index is 1.78. The van der Waals surface area contributed by atoms with Crippen molar-refractivity contribution in [2.24, 2.45) is 0 Å². The first-order valence-corrected chi connectivity index (χ1v) is 7.69. The molecule has 0 aliphatic carbocycles. The average Bonchev–Trinajstić information content (AvgIpc) is 2.64. The number of ether oxygens (including phenoxy) is 2. The zero-order valence-corrected chi connectivity index (χ0v) is 13.9. The lowest BCUT2D eigenvalue weighted by molar-refractivity contribution is 0.0602. The van der Waals surface area contributed by atoms with Crippen molar-refractivity contribution in [1.29, 1.82) is 0 Å². The minimum Gasteiger partial charge on any atom is -0.465 e. The Bertz CT molecular complexity index is 757. The number of nitrogen functional groups attached to an aromatic ring is 1. The van der Waals surface area contributed by atoms with Crippen LogP contribution in [0.25, 0.3) is 6.08 Å². The molecule has 0 atom stereocenters. The fourth-order valence-corrected chi connectivity index (χ4v) is 2.09. The summed E-state index contributed by atoms with van der Waals surface area (Å²) in [6.07, 6.45) is 3.06. The van der Waals surface area contributed by atoms with Gasteiger partial charge in [-0.05, 0) is 23.3 Å². The Kier molecular flexibility index (Phi) is 6.59. The molecule has 130 valence electrons. The van der Waals surface area contributed by atoms with Crippen molar-refractivity contribution in [2.75, 3.05) is 19.4 Å². The van der Waals surface area contributed by atoms with Gasteiger partial charge in [0.2, 0.25) is 0 Å². The van der Waals surface area contributed by atoms with Crippen LogP contribution >= 0.6 is 0 Å². The number of rotatable bonds is 6. The summed E-state index contributed by atoms with van der Waals surface area (Å²) < 4.78 is 9.74. The van der Waals surface area contributed by atoms with Crippen molar-refractivity contribution in [2.45, 2.75) is 6.61 Å². The number of anilines is 1. The molecule has 1 amide bonds. The monoisotopic (exact) mass is 340 g/mol. The van der Waals surface area contributed by atoms with Crippen LogP contribution in [0.5, 0.6) is 0 Å². The molecule has 0 heterocycles. The van der Waals surface area contributed by atoms with Gasteiger partial charge in [0.25, 0.3) is 0 Å². The highest BCUT2D eigenvalue weighted by molar-refractivity contribution is 5.95. The minimum absolute atomic E-state index is 0.224. The summed E-state index contributed by atoms with van der Waals surface area (Å²) in [6, 6.07) is 14.4. The molecule has 0 aromatic heterocycles. The Labute approximate surface area is 146 Å². The summed E-state index contributed by atoms with van der Waals surface area (Å²) in [5.41, 5.74) is 8.21. The van der Waals surface area contributed by atoms with Crippen molar-refractivity contribution >= 4 is 23.8 Å². The van der Waals surface area contributed by atoms with Crippen molar-refractivity contribution in [3.8, 4) is 0 Å². The summed E-state index contributed by atoms with van der Waals surface area (Å²) in [4.78, 5) is 23.1. The van der Waals surface area contributed by atoms with Gasteiger partial charge in [0, 0.05) is 12.2 Å². The SMILES string of the molecule is COC(=O)c1ccc(C=CCNC(=O)OCc2ccccc2)cc1N. The number of carbonyl (C=O) groups excluding carboxylic acids is 2. The number of carbonyl (C=O) groups is 2. The lowest BCUT2D eigenvalue weighted by Gasteiger charge is -2.06. The molecule has 6 heteroatoms. The van der Waals surface area contributed by atoms with E-state index in [1.54, 1.807) is 30.4 Å². The number of nitrogens with one attached hydrogen (secondary N) is 1. The fraction of sp³-hybridized carbons (Fsp3) is 0.158. The van der Waals surface area contributed by atoms with Crippen LogP contribution in [0.4, 0.5) is 10.5 Å². The van der Waals surface area contributed by atoms with Crippen LogP contribution in [0.15, 0.2) is 54.6 Å². The molecule has 0 aliphatic rings. The quantitative estimate of drug-likeness (QED) is 0.623. The molecule has 0 aliphatic heterocycles. The molecule has 3 N–H and O–H groups in total. The van der Waals surface area contributed by atoms with Crippen LogP contribution in [0.3, 0.4) is 0 Å². The maximum Gasteiger partial charge on any atom is 0.407 e. The molecule has 6 nitrogen and oxygen atoms in total. The lowest BCUT2D eigenvalue weighted by atomic mass is 10.1. The maximum atomic E-state index is 11.6. The standard InChI is InChI=1S/C19H20N2O4/c1-24-18(22)16-10-9-14(12-17(16)20)8-5-11-21-19(23)25-13-15-6-3-2-4-7-15/h2-10,12H,11,13,20H2,1H3,(H,21,23). The molecule has 2 rings (SSSR count). The molecular formula is C19H20N2O4. The van der Waals surface area contributed by atoms with Crippen molar-refractivity contribution in [1.82, 2.24) is 5.32 Å². The molecule has 0 spiro atoms. The number of benzene rings is 2. The van der Waals surface area contributed by atoms with E-state index in [1.807, 2.05) is 30.3 Å². The number of hydrogen-bond donors (Lipinski definition) is 2. The Morgan fingerprint density at radius 2 is 1.92 bits per heavy atom. The molecule has 25 heavy (non-hydrogen) atoms. The third-order valence-electron chi connectivity index (χ3n) is 3.37. The Morgan fingerprint density at radius 1 is 1.16 bits per heavy atom. The van der Waals surface area contributed by atoms with E-state index in [0.29, 0.717) is 17.8 Å². The first-order valence-electron chi connectivity index (χ1n) is 7.69. The van der Waals surface area contributed by atoms with Gasteiger partial charge in [-0.15, -0.1) is 0 Å². The van der Waals surface area contributed by atoms with Crippen molar-refractivity contribution < 1.29 is 19.1 Å². The zero-order valence-electron chi connectivity index (χ0n) is 13.9. The summed E-state index contributed by atoms with van der Waals surface area (Å²) in [5.74, 6) is -0.476. The van der Waals surface area contributed by atoms with Gasteiger partial charge in [-0.3, -0.25) is 0 Å². The number of alkyl carbamates (subject to hydrolysis) is 1. The van der Waals surface area contributed by atoms with Gasteiger partial charge in [0.05, 0.1) is 12.7 Å². The van der Waals surface area contributed by atoms with E-state index in [0.717, 1.165) is 11.1 Å². The summed E-state index contributed by atoms with van der Waals surface area (Å²) in [5, 5.41) is 2.62. The third-order valence-corrected chi connectivity index (χ3v) is 3.37. The average molecular weight is 340 g/mol.